The van der Waals surface area contributed by atoms with Crippen molar-refractivity contribution in [1.82, 2.24) is 8.75 Å². The van der Waals surface area contributed by atoms with E-state index in [2.05, 4.69) is 126 Å². The van der Waals surface area contributed by atoms with Gasteiger partial charge in [-0.25, -0.2) is 0 Å². The van der Waals surface area contributed by atoms with Crippen molar-refractivity contribution in [2.75, 3.05) is 0 Å². The maximum atomic E-state index is 10.7. The largest absolute Gasteiger partial charge is 0.812 e. The zero-order chi connectivity index (χ0) is 52.3. The number of aryl methyl sites for hydroxylation is 2. The lowest BCUT2D eigenvalue weighted by Crippen LogP contribution is -2.26. The minimum Gasteiger partial charge on any atom is -0.812 e. The summed E-state index contributed by atoms with van der Waals surface area (Å²) in [7, 11) is -2.55. The predicted octanol–water partition coefficient (Wildman–Crippen LogP) is 20.6. The van der Waals surface area contributed by atoms with Crippen molar-refractivity contribution in [2.45, 2.75) is 232 Å². The summed E-state index contributed by atoms with van der Waals surface area (Å²) in [6.45, 7) is 13.8. The van der Waals surface area contributed by atoms with Gasteiger partial charge in [-0.15, -0.1) is 0 Å². The van der Waals surface area contributed by atoms with Crippen molar-refractivity contribution >= 4 is 38.6 Å². The van der Waals surface area contributed by atoms with Crippen LogP contribution < -0.4 is 4.89 Å². The molecule has 1 unspecified atom stereocenters. The highest BCUT2D eigenvalue weighted by Crippen LogP contribution is 2.58. The molecular weight excluding hydrogens is 930 g/mol. The number of hydrogen-bond donors (Lipinski definition) is 0. The minimum absolute atomic E-state index is 0.0276. The fraction of sp³-hybridized carbons (Fsp3) is 0.545. The molecule has 1 aromatic heterocycles. The van der Waals surface area contributed by atoms with Crippen LogP contribution >= 0.6 is 20.1 Å². The topological polar surface area (TPSA) is 48.8 Å². The molecule has 0 bridgehead atoms. The molecule has 391 valence electrons. The summed E-state index contributed by atoms with van der Waals surface area (Å²) < 4.78 is 26.2. The summed E-state index contributed by atoms with van der Waals surface area (Å²) in [5, 5.41) is 0. The summed E-state index contributed by atoms with van der Waals surface area (Å²) in [5.41, 5.74) is 22.3. The van der Waals surface area contributed by atoms with Crippen LogP contribution in [-0.2, 0) is 10.8 Å². The third kappa shape index (κ3) is 13.8. The fourth-order valence-corrected chi connectivity index (χ4v) is 13.6. The Kier molecular flexibility index (Phi) is 21.6. The summed E-state index contributed by atoms with van der Waals surface area (Å²) in [5.74, 6) is 0. The van der Waals surface area contributed by atoms with Crippen LogP contribution in [-0.4, -0.2) is 17.6 Å². The van der Waals surface area contributed by atoms with Crippen LogP contribution in [0.15, 0.2) is 84.9 Å². The van der Waals surface area contributed by atoms with Gasteiger partial charge in [0.2, 0.25) is 0 Å². The molecule has 0 fully saturated rings. The fourth-order valence-electron chi connectivity index (χ4n) is 13.0. The molecule has 5 aromatic carbocycles. The lowest BCUT2D eigenvalue weighted by Gasteiger charge is -2.34. The third-order valence-corrected chi connectivity index (χ3v) is 17.5. The standard InChI is InChI=1S/C66H88N2S.BFHOP/c1-7-11-15-19-23-27-41-65(42-28-24-20-16-12-8-2)59-45-49(5)31-36-55(59)56-38-33-51(46-60(56)65)52-34-39-57-58-40-35-53(54-37-32-50(6)63-64(54)68-69-67-63)48-62(58)66(61(57)47-52,43-29-25-21-17-13-9-3)44-30-26-22-18-14-10-4;1-4(2)3/h31-40,45-48H,7-30,41-44H2,1-6H3;1H/q;-1/i;1T. The monoisotopic (exact) mass is 1020 g/mol. The van der Waals surface area contributed by atoms with E-state index in [9.17, 15) is 4.20 Å². The molecular formula is C66H89BFN2OPS-. The Hall–Kier alpha value is -3.70. The Bertz CT molecular complexity index is 2650. The van der Waals surface area contributed by atoms with E-state index in [4.69, 9.17) is 15.0 Å². The number of hydrogen-bond acceptors (Lipinski definition) is 4. The third-order valence-electron chi connectivity index (χ3n) is 17.0. The van der Waals surface area contributed by atoms with Crippen LogP contribution in [0.2, 0.25) is 0 Å². The van der Waals surface area contributed by atoms with E-state index in [0.29, 0.717) is 0 Å². The molecule has 2 aliphatic rings. The lowest BCUT2D eigenvalue weighted by molar-refractivity contribution is -0.163. The molecule has 1 radical (unpaired) electrons. The van der Waals surface area contributed by atoms with Crippen LogP contribution in [0.5, 0.6) is 0 Å². The smallest absolute Gasteiger partial charge is 0.147 e. The first-order valence-electron chi connectivity index (χ1n) is 29.9. The Morgan fingerprint density at radius 3 is 1.19 bits per heavy atom. The van der Waals surface area contributed by atoms with Crippen molar-refractivity contribution in [2.24, 2.45) is 0 Å². The average Bonchev–Trinajstić information content (AvgIpc) is 4.11. The number of halogens is 1. The van der Waals surface area contributed by atoms with Crippen molar-refractivity contribution in [1.29, 1.82) is 1.34 Å². The van der Waals surface area contributed by atoms with Gasteiger partial charge in [-0.05, 0) is 126 Å². The number of rotatable bonds is 31. The van der Waals surface area contributed by atoms with E-state index in [-0.39, 0.29) is 18.4 Å². The number of fused-ring (bicyclic) bond motifs is 7. The highest BCUT2D eigenvalue weighted by molar-refractivity contribution is 7.71. The molecule has 0 amide bonds. The maximum absolute atomic E-state index is 10.7. The molecule has 2 aliphatic carbocycles. The second kappa shape index (κ2) is 28.4. The maximum Gasteiger partial charge on any atom is 0.147 e. The molecule has 3 nitrogen and oxygen atoms in total. The van der Waals surface area contributed by atoms with E-state index in [1.54, 1.807) is 22.3 Å². The number of aromatic nitrogens is 2. The zero-order valence-corrected chi connectivity index (χ0v) is 47.7. The molecule has 1 heterocycles. The normalized spacial score (nSPS) is 14.3. The van der Waals surface area contributed by atoms with Crippen molar-refractivity contribution in [3.8, 4) is 44.5 Å². The van der Waals surface area contributed by atoms with Crippen LogP contribution in [0.1, 0.15) is 241 Å². The van der Waals surface area contributed by atoms with Gasteiger partial charge in [0.15, 0.2) is 0 Å². The first-order chi connectivity index (χ1) is 36.2. The predicted molar refractivity (Wildman–Crippen MR) is 317 cm³/mol. The SMILES string of the molecule is CCCCCCCCC1(CCCCCCCC)c2cc(C)ccc2-c2ccc(-c3ccc4c(c3)C(CCCCCCCC)(CCCCCCCC)c3cc(-c5ccc(C)c6nsnc56)ccc3-4)cc21.[3H][B]P([O-])F. The first kappa shape index (κ1) is 55.5. The quantitative estimate of drug-likeness (QED) is 0.0248. The highest BCUT2D eigenvalue weighted by atomic mass is 32.1. The average molecular weight is 1020 g/mol. The van der Waals surface area contributed by atoms with Crippen LogP contribution in [0, 0.1) is 13.8 Å². The van der Waals surface area contributed by atoms with Gasteiger partial charge >= 0.3 is 0 Å². The van der Waals surface area contributed by atoms with Crippen molar-refractivity contribution in [3.05, 3.63) is 118 Å². The number of nitrogens with zero attached hydrogens (tertiary/aromatic N) is 2. The van der Waals surface area contributed by atoms with Gasteiger partial charge < -0.3 is 4.89 Å². The molecule has 0 saturated heterocycles. The summed E-state index contributed by atoms with van der Waals surface area (Å²) >= 11 is 1.35. The van der Waals surface area contributed by atoms with Crippen LogP contribution in [0.4, 0.5) is 4.20 Å². The minimum atomic E-state index is -2.81. The van der Waals surface area contributed by atoms with E-state index >= 15 is 0 Å². The summed E-state index contributed by atoms with van der Waals surface area (Å²) in [6, 6.07) is 34.9. The summed E-state index contributed by atoms with van der Waals surface area (Å²) in [6.07, 6.45) is 36.9. The second-order valence-electron chi connectivity index (χ2n) is 22.2. The Labute approximate surface area is 450 Å². The van der Waals surface area contributed by atoms with Crippen molar-refractivity contribution < 1.29 is 9.09 Å². The molecule has 0 aliphatic heterocycles. The first-order valence-corrected chi connectivity index (χ1v) is 31.2. The van der Waals surface area contributed by atoms with Gasteiger partial charge in [0, 0.05) is 16.4 Å². The second-order valence-corrected chi connectivity index (χ2v) is 23.3. The molecule has 6 aromatic rings. The van der Waals surface area contributed by atoms with Gasteiger partial charge in [0.25, 0.3) is 0 Å². The summed E-state index contributed by atoms with van der Waals surface area (Å²) in [4.78, 5) is 9.05. The zero-order valence-electron chi connectivity index (χ0n) is 47.0. The van der Waals surface area contributed by atoms with E-state index in [1.807, 2.05) is 0 Å². The molecule has 0 saturated carbocycles. The van der Waals surface area contributed by atoms with Gasteiger partial charge in [0.1, 0.15) is 18.6 Å². The highest BCUT2D eigenvalue weighted by Gasteiger charge is 2.44. The molecule has 73 heavy (non-hydrogen) atoms. The van der Waals surface area contributed by atoms with Crippen molar-refractivity contribution in [3.63, 3.8) is 0 Å². The number of unbranched alkanes of at least 4 members (excludes halogenated alkanes) is 20. The van der Waals surface area contributed by atoms with E-state index in [0.717, 1.165) is 11.0 Å². The Balaban J connectivity index is 0.00000153. The van der Waals surface area contributed by atoms with Gasteiger partial charge in [-0.1, -0.05) is 262 Å². The van der Waals surface area contributed by atoms with Crippen LogP contribution in [0.3, 0.4) is 0 Å². The van der Waals surface area contributed by atoms with E-state index < -0.39 is 8.34 Å². The Morgan fingerprint density at radius 2 is 0.781 bits per heavy atom. The van der Waals surface area contributed by atoms with Gasteiger partial charge in [-0.2, -0.15) is 8.75 Å². The molecule has 0 spiro atoms. The van der Waals surface area contributed by atoms with E-state index in [1.165, 1.54) is 247 Å². The van der Waals surface area contributed by atoms with Gasteiger partial charge in [0.05, 0.1) is 11.7 Å². The number of benzene rings is 5. The van der Waals surface area contributed by atoms with Gasteiger partial charge in [-0.3, -0.25) is 4.20 Å². The lowest BCUT2D eigenvalue weighted by atomic mass is 9.69. The molecule has 7 heteroatoms. The van der Waals surface area contributed by atoms with Crippen LogP contribution in [0.25, 0.3) is 55.5 Å². The molecule has 1 atom stereocenters. The Morgan fingerprint density at radius 1 is 0.452 bits per heavy atom. The molecule has 8 rings (SSSR count). The molecule has 0 N–H and O–H groups in total.